The lowest BCUT2D eigenvalue weighted by Gasteiger charge is -2.16. The van der Waals surface area contributed by atoms with Crippen LogP contribution in [0.15, 0.2) is 65.5 Å². The molecule has 47 heavy (non-hydrogen) atoms. The van der Waals surface area contributed by atoms with Crippen molar-refractivity contribution in [3.63, 3.8) is 0 Å². The summed E-state index contributed by atoms with van der Waals surface area (Å²) in [5.41, 5.74) is 5.98. The number of methoxy groups -OCH3 is 1. The Morgan fingerprint density at radius 2 is 1.68 bits per heavy atom. The van der Waals surface area contributed by atoms with Crippen molar-refractivity contribution >= 4 is 34.8 Å². The molecule has 1 aliphatic rings. The topological polar surface area (TPSA) is 135 Å². The number of carbonyl (C=O) groups is 1. The Bertz CT molecular complexity index is 2010. The SMILES string of the molecule is COc1nc(-c2cccc(-c3cccc(-c4cc5nc(CNCCO)cc(=O)n5n4C)c3Cl)c2Cl)ccc1CNCC1CCC(=O)N1. The van der Waals surface area contributed by atoms with Crippen LogP contribution in [0.3, 0.4) is 0 Å². The average molecular weight is 677 g/mol. The highest BCUT2D eigenvalue weighted by Crippen LogP contribution is 2.42. The molecule has 1 amide bonds. The number of rotatable bonds is 12. The van der Waals surface area contributed by atoms with Gasteiger partial charge in [-0.1, -0.05) is 65.7 Å². The van der Waals surface area contributed by atoms with Crippen LogP contribution in [0, 0.1) is 0 Å². The summed E-state index contributed by atoms with van der Waals surface area (Å²) < 4.78 is 8.86. The molecule has 13 heteroatoms. The van der Waals surface area contributed by atoms with E-state index in [0.29, 0.717) is 76.8 Å². The van der Waals surface area contributed by atoms with E-state index in [1.807, 2.05) is 54.6 Å². The van der Waals surface area contributed by atoms with Crippen LogP contribution in [0.2, 0.25) is 10.0 Å². The molecule has 0 spiro atoms. The first kappa shape index (κ1) is 32.7. The van der Waals surface area contributed by atoms with Crippen LogP contribution >= 0.6 is 23.2 Å². The molecule has 4 heterocycles. The fourth-order valence-electron chi connectivity index (χ4n) is 5.92. The quantitative estimate of drug-likeness (QED) is 0.145. The van der Waals surface area contributed by atoms with E-state index >= 15 is 0 Å². The predicted octanol–water partition coefficient (Wildman–Crippen LogP) is 4.19. The van der Waals surface area contributed by atoms with Crippen molar-refractivity contribution in [2.45, 2.75) is 32.0 Å². The summed E-state index contributed by atoms with van der Waals surface area (Å²) in [5, 5.41) is 19.4. The molecule has 1 aliphatic heterocycles. The number of aliphatic hydroxyl groups is 1. The molecule has 6 rings (SSSR count). The van der Waals surface area contributed by atoms with E-state index in [0.717, 1.165) is 28.7 Å². The number of carbonyl (C=O) groups excluding carboxylic acids is 1. The van der Waals surface area contributed by atoms with Gasteiger partial charge in [0.15, 0.2) is 5.65 Å². The van der Waals surface area contributed by atoms with E-state index in [2.05, 4.69) is 20.9 Å². The van der Waals surface area contributed by atoms with Gasteiger partial charge in [0.05, 0.1) is 40.8 Å². The Morgan fingerprint density at radius 3 is 2.38 bits per heavy atom. The lowest BCUT2D eigenvalue weighted by molar-refractivity contribution is -0.119. The molecule has 0 radical (unpaired) electrons. The third kappa shape index (κ3) is 6.76. The summed E-state index contributed by atoms with van der Waals surface area (Å²) in [5.74, 6) is 0.576. The molecule has 0 bridgehead atoms. The Kier molecular flexibility index (Phi) is 9.90. The van der Waals surface area contributed by atoms with Gasteiger partial charge in [0, 0.05) is 85.6 Å². The second-order valence-corrected chi connectivity index (χ2v) is 12.1. The largest absolute Gasteiger partial charge is 0.481 e. The zero-order chi connectivity index (χ0) is 33.1. The predicted molar refractivity (Wildman–Crippen MR) is 183 cm³/mol. The molecule has 2 aromatic carbocycles. The number of aromatic nitrogens is 4. The van der Waals surface area contributed by atoms with E-state index in [4.69, 9.17) is 38.0 Å². The molecule has 1 saturated heterocycles. The summed E-state index contributed by atoms with van der Waals surface area (Å²) in [6.45, 7) is 1.97. The number of amides is 1. The lowest BCUT2D eigenvalue weighted by Crippen LogP contribution is -2.35. The Morgan fingerprint density at radius 1 is 0.957 bits per heavy atom. The highest BCUT2D eigenvalue weighted by atomic mass is 35.5. The van der Waals surface area contributed by atoms with Crippen LogP contribution < -0.4 is 26.2 Å². The molecule has 5 aromatic rings. The first-order chi connectivity index (χ1) is 22.8. The normalized spacial score (nSPS) is 14.6. The maximum Gasteiger partial charge on any atom is 0.273 e. The monoisotopic (exact) mass is 675 g/mol. The first-order valence-electron chi connectivity index (χ1n) is 15.3. The second-order valence-electron chi connectivity index (χ2n) is 11.3. The second kappa shape index (κ2) is 14.2. The third-order valence-corrected chi connectivity index (χ3v) is 9.06. The number of pyridine rings is 1. The number of nitrogens with one attached hydrogen (secondary N) is 3. The molecule has 11 nitrogen and oxygen atoms in total. The van der Waals surface area contributed by atoms with Gasteiger partial charge in [0.25, 0.3) is 5.56 Å². The molecule has 244 valence electrons. The van der Waals surface area contributed by atoms with E-state index in [-0.39, 0.29) is 24.1 Å². The van der Waals surface area contributed by atoms with E-state index in [1.54, 1.807) is 18.8 Å². The number of ether oxygens (including phenoxy) is 1. The molecule has 1 fully saturated rings. The standard InChI is InChI=1S/C34H35Cl2N7O4/c1-42-28(16-29-39-22(19-37-13-14-44)15-31(46)43(29)42)26-8-4-6-24(33(26)36)23-5-3-7-25(32(23)35)27-11-9-20(34(41-27)47-2)17-38-18-21-10-12-30(45)40-21/h3-9,11,15-16,21,37-38,44H,10,12-14,17-19H2,1-2H3,(H,40,45). The maximum atomic E-state index is 13.0. The molecule has 1 atom stereocenters. The van der Waals surface area contributed by atoms with Gasteiger partial charge in [0.2, 0.25) is 11.8 Å². The number of aryl methyl sites for hydroxylation is 1. The number of halogens is 2. The molecular formula is C34H35Cl2N7O4. The van der Waals surface area contributed by atoms with Crippen LogP contribution in [0.25, 0.3) is 39.3 Å². The van der Waals surface area contributed by atoms with Crippen LogP contribution in [-0.4, -0.2) is 63.0 Å². The van der Waals surface area contributed by atoms with E-state index < -0.39 is 0 Å². The van der Waals surface area contributed by atoms with Gasteiger partial charge in [0.1, 0.15) is 0 Å². The van der Waals surface area contributed by atoms with Gasteiger partial charge in [-0.05, 0) is 12.5 Å². The van der Waals surface area contributed by atoms with Crippen molar-refractivity contribution in [3.05, 3.63) is 92.3 Å². The smallest absolute Gasteiger partial charge is 0.273 e. The Balaban J connectivity index is 1.29. The Labute approximate surface area is 281 Å². The van der Waals surface area contributed by atoms with Crippen LogP contribution in [0.5, 0.6) is 5.88 Å². The molecular weight excluding hydrogens is 641 g/mol. The van der Waals surface area contributed by atoms with Crippen molar-refractivity contribution < 1.29 is 14.6 Å². The van der Waals surface area contributed by atoms with Crippen LogP contribution in [0.4, 0.5) is 0 Å². The lowest BCUT2D eigenvalue weighted by atomic mass is 9.98. The number of fused-ring (bicyclic) bond motifs is 1. The van der Waals surface area contributed by atoms with Crippen LogP contribution in [0.1, 0.15) is 24.1 Å². The summed E-state index contributed by atoms with van der Waals surface area (Å²) >= 11 is 14.2. The van der Waals surface area contributed by atoms with Gasteiger partial charge >= 0.3 is 0 Å². The number of nitrogens with zero attached hydrogens (tertiary/aromatic N) is 4. The highest BCUT2D eigenvalue weighted by Gasteiger charge is 2.21. The van der Waals surface area contributed by atoms with Gasteiger partial charge in [-0.2, -0.15) is 4.52 Å². The average Bonchev–Trinajstić information content (AvgIpc) is 3.63. The van der Waals surface area contributed by atoms with E-state index in [9.17, 15) is 9.59 Å². The number of hydrogen-bond donors (Lipinski definition) is 4. The summed E-state index contributed by atoms with van der Waals surface area (Å²) in [6.07, 6.45) is 1.39. The molecule has 3 aromatic heterocycles. The van der Waals surface area contributed by atoms with Crippen molar-refractivity contribution in [2.24, 2.45) is 7.05 Å². The number of aliphatic hydroxyl groups excluding tert-OH is 1. The van der Waals surface area contributed by atoms with Crippen molar-refractivity contribution in [1.82, 2.24) is 35.1 Å². The first-order valence-corrected chi connectivity index (χ1v) is 16.1. The Hall–Kier alpha value is -4.26. The number of hydrogen-bond acceptors (Lipinski definition) is 8. The van der Waals surface area contributed by atoms with Crippen molar-refractivity contribution in [1.29, 1.82) is 0 Å². The van der Waals surface area contributed by atoms with E-state index in [1.165, 1.54) is 10.6 Å². The maximum absolute atomic E-state index is 13.0. The molecule has 1 unspecified atom stereocenters. The number of benzene rings is 2. The van der Waals surface area contributed by atoms with Crippen LogP contribution in [-0.2, 0) is 24.9 Å². The van der Waals surface area contributed by atoms with Gasteiger partial charge < -0.3 is 25.8 Å². The highest BCUT2D eigenvalue weighted by molar-refractivity contribution is 6.39. The molecule has 4 N–H and O–H groups in total. The minimum absolute atomic E-state index is 0.00271. The zero-order valence-electron chi connectivity index (χ0n) is 26.0. The van der Waals surface area contributed by atoms with Gasteiger partial charge in [-0.25, -0.2) is 9.97 Å². The third-order valence-electron chi connectivity index (χ3n) is 8.25. The minimum Gasteiger partial charge on any atom is -0.481 e. The minimum atomic E-state index is -0.223. The summed E-state index contributed by atoms with van der Waals surface area (Å²) in [6, 6.07) is 18.7. The fourth-order valence-corrected chi connectivity index (χ4v) is 6.57. The zero-order valence-corrected chi connectivity index (χ0v) is 27.5. The van der Waals surface area contributed by atoms with Gasteiger partial charge in [-0.15, -0.1) is 0 Å². The summed E-state index contributed by atoms with van der Waals surface area (Å²) in [7, 11) is 3.37. The molecule has 0 saturated carbocycles. The fraction of sp³-hybridized carbons (Fsp3) is 0.294. The molecule has 0 aliphatic carbocycles. The van der Waals surface area contributed by atoms with Gasteiger partial charge in [-0.3, -0.25) is 14.3 Å². The van der Waals surface area contributed by atoms with Crippen molar-refractivity contribution in [2.75, 3.05) is 26.8 Å². The van der Waals surface area contributed by atoms with Crippen molar-refractivity contribution in [3.8, 4) is 39.5 Å². The summed E-state index contributed by atoms with van der Waals surface area (Å²) in [4.78, 5) is 33.9.